The van der Waals surface area contributed by atoms with E-state index < -0.39 is 0 Å². The molecule has 3 heteroatoms. The summed E-state index contributed by atoms with van der Waals surface area (Å²) in [7, 11) is 0. The third-order valence-electron chi connectivity index (χ3n) is 4.23. The van der Waals surface area contributed by atoms with Gasteiger partial charge in [-0.1, -0.05) is 48.0 Å². The summed E-state index contributed by atoms with van der Waals surface area (Å²) in [4.78, 5) is 4.86. The van der Waals surface area contributed by atoms with Crippen molar-refractivity contribution in [2.75, 3.05) is 0 Å². The molecule has 0 radical (unpaired) electrons. The Morgan fingerprint density at radius 1 is 0.864 bits per heavy atom. The van der Waals surface area contributed by atoms with Crippen molar-refractivity contribution >= 4 is 49.8 Å². The fourth-order valence-corrected chi connectivity index (χ4v) is 3.54. The molecule has 0 spiro atoms. The molecule has 5 aromatic rings. The molecule has 0 saturated carbocycles. The van der Waals surface area contributed by atoms with Crippen molar-refractivity contribution in [2.24, 2.45) is 0 Å². The third-order valence-corrected chi connectivity index (χ3v) is 4.61. The monoisotopic (exact) mass is 302 g/mol. The van der Waals surface area contributed by atoms with Crippen molar-refractivity contribution in [1.29, 1.82) is 0 Å². The lowest BCUT2D eigenvalue weighted by Gasteiger charge is -2.05. The van der Waals surface area contributed by atoms with E-state index in [0.29, 0.717) is 0 Å². The smallest absolute Gasteiger partial charge is 0.0966 e. The molecular weight excluding hydrogens is 292 g/mol. The quantitative estimate of drug-likeness (QED) is 0.348. The average Bonchev–Trinajstić information content (AvgIpc) is 2.87. The molecule has 0 fully saturated rings. The number of halogens is 1. The SMILES string of the molecule is Clc1c2ccccc2n2ccc3cc4ccccc4nc3c12. The lowest BCUT2D eigenvalue weighted by molar-refractivity contribution is 1.26. The minimum atomic E-state index is 0.768. The van der Waals surface area contributed by atoms with Crippen molar-refractivity contribution in [3.8, 4) is 0 Å². The molecule has 5 rings (SSSR count). The maximum atomic E-state index is 6.66. The first kappa shape index (κ1) is 12.0. The Kier molecular flexibility index (Phi) is 2.30. The number of hydrogen-bond donors (Lipinski definition) is 0. The van der Waals surface area contributed by atoms with Crippen molar-refractivity contribution in [3.05, 3.63) is 71.9 Å². The number of pyridine rings is 2. The van der Waals surface area contributed by atoms with Crippen LogP contribution in [0.3, 0.4) is 0 Å². The van der Waals surface area contributed by atoms with Gasteiger partial charge in [0.1, 0.15) is 0 Å². The van der Waals surface area contributed by atoms with Crippen LogP contribution in [-0.2, 0) is 0 Å². The highest BCUT2D eigenvalue weighted by molar-refractivity contribution is 6.41. The van der Waals surface area contributed by atoms with Crippen molar-refractivity contribution < 1.29 is 0 Å². The molecular formula is C19H11ClN2. The van der Waals surface area contributed by atoms with Crippen LogP contribution in [0, 0.1) is 0 Å². The first-order valence-corrected chi connectivity index (χ1v) is 7.57. The maximum absolute atomic E-state index is 6.66. The Bertz CT molecular complexity index is 1190. The van der Waals surface area contributed by atoms with Gasteiger partial charge in [0, 0.05) is 22.4 Å². The normalized spacial score (nSPS) is 11.9. The van der Waals surface area contributed by atoms with E-state index in [9.17, 15) is 0 Å². The van der Waals surface area contributed by atoms with E-state index in [-0.39, 0.29) is 0 Å². The number of para-hydroxylation sites is 2. The highest BCUT2D eigenvalue weighted by Gasteiger charge is 2.13. The molecule has 0 saturated heterocycles. The van der Waals surface area contributed by atoms with Gasteiger partial charge in [0.2, 0.25) is 0 Å². The molecule has 0 aliphatic heterocycles. The van der Waals surface area contributed by atoms with Crippen LogP contribution >= 0.6 is 11.6 Å². The first-order chi connectivity index (χ1) is 10.8. The molecule has 0 aliphatic carbocycles. The Balaban J connectivity index is 2.09. The number of rotatable bonds is 0. The predicted octanol–water partition coefficient (Wildman–Crippen LogP) is 5.45. The number of aromatic nitrogens is 2. The van der Waals surface area contributed by atoms with Gasteiger partial charge < -0.3 is 4.40 Å². The molecule has 0 amide bonds. The predicted molar refractivity (Wildman–Crippen MR) is 92.7 cm³/mol. The molecule has 104 valence electrons. The minimum absolute atomic E-state index is 0.768. The van der Waals surface area contributed by atoms with Gasteiger partial charge >= 0.3 is 0 Å². The summed E-state index contributed by atoms with van der Waals surface area (Å²) in [6.45, 7) is 0. The van der Waals surface area contributed by atoms with Gasteiger partial charge in [-0.2, -0.15) is 0 Å². The summed E-state index contributed by atoms with van der Waals surface area (Å²) in [5.74, 6) is 0. The molecule has 0 bridgehead atoms. The fraction of sp³-hybridized carbons (Fsp3) is 0. The zero-order chi connectivity index (χ0) is 14.7. The summed E-state index contributed by atoms with van der Waals surface area (Å²) < 4.78 is 2.13. The van der Waals surface area contributed by atoms with Gasteiger partial charge in [-0.05, 0) is 24.3 Å². The number of benzene rings is 2. The Labute approximate surface area is 131 Å². The lowest BCUT2D eigenvalue weighted by atomic mass is 10.1. The Hall–Kier alpha value is -2.58. The molecule has 0 aliphatic rings. The van der Waals surface area contributed by atoms with Crippen LogP contribution < -0.4 is 0 Å². The van der Waals surface area contributed by atoms with Gasteiger partial charge in [0.15, 0.2) is 0 Å². The van der Waals surface area contributed by atoms with Crippen molar-refractivity contribution in [1.82, 2.24) is 9.38 Å². The van der Waals surface area contributed by atoms with Crippen LogP contribution in [-0.4, -0.2) is 9.38 Å². The van der Waals surface area contributed by atoms with E-state index in [1.54, 1.807) is 0 Å². The van der Waals surface area contributed by atoms with Crippen molar-refractivity contribution in [3.63, 3.8) is 0 Å². The topological polar surface area (TPSA) is 17.3 Å². The van der Waals surface area contributed by atoms with Gasteiger partial charge in [0.25, 0.3) is 0 Å². The number of fused-ring (bicyclic) bond motifs is 6. The highest BCUT2D eigenvalue weighted by atomic mass is 35.5. The van der Waals surface area contributed by atoms with E-state index in [1.165, 1.54) is 0 Å². The second-order valence-corrected chi connectivity index (χ2v) is 5.86. The molecule has 0 unspecified atom stereocenters. The Morgan fingerprint density at radius 2 is 1.68 bits per heavy atom. The van der Waals surface area contributed by atoms with Crippen LogP contribution in [0.25, 0.3) is 38.2 Å². The molecule has 22 heavy (non-hydrogen) atoms. The molecule has 3 heterocycles. The van der Waals surface area contributed by atoms with Crippen LogP contribution in [0.1, 0.15) is 0 Å². The number of hydrogen-bond acceptors (Lipinski definition) is 1. The maximum Gasteiger partial charge on any atom is 0.0966 e. The van der Waals surface area contributed by atoms with Crippen molar-refractivity contribution in [2.45, 2.75) is 0 Å². The van der Waals surface area contributed by atoms with E-state index in [4.69, 9.17) is 16.6 Å². The van der Waals surface area contributed by atoms with Crippen LogP contribution in [0.15, 0.2) is 66.9 Å². The van der Waals surface area contributed by atoms with Crippen LogP contribution in [0.5, 0.6) is 0 Å². The second kappa shape index (κ2) is 4.21. The average molecular weight is 303 g/mol. The summed E-state index contributed by atoms with van der Waals surface area (Å²) in [6, 6.07) is 20.6. The van der Waals surface area contributed by atoms with E-state index in [1.807, 2.05) is 30.3 Å². The van der Waals surface area contributed by atoms with E-state index in [2.05, 4.69) is 40.9 Å². The summed E-state index contributed by atoms with van der Waals surface area (Å²) in [6.07, 6.45) is 2.07. The zero-order valence-corrected chi connectivity index (χ0v) is 12.4. The first-order valence-electron chi connectivity index (χ1n) is 7.20. The summed E-state index contributed by atoms with van der Waals surface area (Å²) >= 11 is 6.66. The second-order valence-electron chi connectivity index (χ2n) is 5.48. The van der Waals surface area contributed by atoms with Crippen LogP contribution in [0.4, 0.5) is 0 Å². The van der Waals surface area contributed by atoms with E-state index in [0.717, 1.165) is 43.2 Å². The lowest BCUT2D eigenvalue weighted by Crippen LogP contribution is -1.89. The van der Waals surface area contributed by atoms with E-state index >= 15 is 0 Å². The molecule has 2 nitrogen and oxygen atoms in total. The standard InChI is InChI=1S/C19H11ClN2/c20-17-14-6-2-4-8-16(14)22-10-9-13-11-12-5-1-3-7-15(12)21-18(13)19(17)22/h1-11H. The van der Waals surface area contributed by atoms with Gasteiger partial charge in [-0.3, -0.25) is 0 Å². The minimum Gasteiger partial charge on any atom is -0.313 e. The fourth-order valence-electron chi connectivity index (χ4n) is 3.20. The highest BCUT2D eigenvalue weighted by Crippen LogP contribution is 2.35. The van der Waals surface area contributed by atoms with Gasteiger partial charge in [-0.25, -0.2) is 4.98 Å². The van der Waals surface area contributed by atoms with Gasteiger partial charge in [-0.15, -0.1) is 0 Å². The largest absolute Gasteiger partial charge is 0.313 e. The number of nitrogens with zero attached hydrogens (tertiary/aromatic N) is 2. The third kappa shape index (κ3) is 1.48. The molecule has 2 aromatic carbocycles. The molecule has 0 N–H and O–H groups in total. The Morgan fingerprint density at radius 3 is 2.64 bits per heavy atom. The summed E-state index contributed by atoms with van der Waals surface area (Å²) in [5.41, 5.74) is 4.03. The summed E-state index contributed by atoms with van der Waals surface area (Å²) in [5, 5.41) is 4.08. The molecule has 3 aromatic heterocycles. The molecule has 0 atom stereocenters. The van der Waals surface area contributed by atoms with Crippen LogP contribution in [0.2, 0.25) is 5.02 Å². The zero-order valence-electron chi connectivity index (χ0n) is 11.6. The van der Waals surface area contributed by atoms with Gasteiger partial charge in [0.05, 0.1) is 27.1 Å².